The van der Waals surface area contributed by atoms with Gasteiger partial charge in [-0.2, -0.15) is 0 Å². The van der Waals surface area contributed by atoms with E-state index in [-0.39, 0.29) is 11.0 Å². The highest BCUT2D eigenvalue weighted by molar-refractivity contribution is 5.87. The molecule has 0 saturated heterocycles. The Morgan fingerprint density at radius 2 is 1.94 bits per heavy atom. The molecular weight excluding hydrogens is 230 g/mol. The molecule has 0 aliphatic carbocycles. The van der Waals surface area contributed by atoms with E-state index in [0.717, 1.165) is 18.5 Å². The second kappa shape index (κ2) is 5.38. The lowest BCUT2D eigenvalue weighted by atomic mass is 9.90. The maximum Gasteiger partial charge on any atom is 0.341 e. The average molecular weight is 251 g/mol. The van der Waals surface area contributed by atoms with Crippen molar-refractivity contribution in [1.29, 1.82) is 0 Å². The van der Waals surface area contributed by atoms with E-state index in [0.29, 0.717) is 6.54 Å². The molecule has 1 aromatic heterocycles. The Morgan fingerprint density at radius 3 is 2.44 bits per heavy atom. The van der Waals surface area contributed by atoms with E-state index in [1.54, 1.807) is 10.6 Å². The Kier molecular flexibility index (Phi) is 4.33. The van der Waals surface area contributed by atoms with Crippen LogP contribution >= 0.6 is 0 Å². The Bertz CT molecular complexity index is 495. The largest absolute Gasteiger partial charge is 0.477 e. The lowest BCUT2D eigenvalue weighted by Crippen LogP contribution is -2.28. The van der Waals surface area contributed by atoms with Gasteiger partial charge in [-0.25, -0.2) is 4.79 Å². The van der Waals surface area contributed by atoms with Gasteiger partial charge in [-0.15, -0.1) is 0 Å². The zero-order valence-corrected chi connectivity index (χ0v) is 11.5. The van der Waals surface area contributed by atoms with Crippen molar-refractivity contribution < 1.29 is 9.90 Å². The number of carbonyl (C=O) groups is 1. The maximum atomic E-state index is 12.0. The molecule has 0 aromatic carbocycles. The molecule has 1 rings (SSSR count). The first-order chi connectivity index (χ1) is 8.22. The summed E-state index contributed by atoms with van der Waals surface area (Å²) in [5.41, 5.74) is 0.466. The van der Waals surface area contributed by atoms with E-state index >= 15 is 0 Å². The number of hydrogen-bond acceptors (Lipinski definition) is 2. The standard InChI is InChI=1S/C14H21NO3/c1-10-6-7-11(13(17)18)12(16)15(10)9-5-8-14(2,3)4/h6-7H,5,8-9H2,1-4H3,(H,17,18). The topological polar surface area (TPSA) is 59.3 Å². The van der Waals surface area contributed by atoms with Crippen molar-refractivity contribution in [1.82, 2.24) is 4.57 Å². The summed E-state index contributed by atoms with van der Waals surface area (Å²) in [6.07, 6.45) is 1.86. The third-order valence-corrected chi connectivity index (χ3v) is 2.93. The van der Waals surface area contributed by atoms with Gasteiger partial charge in [-0.3, -0.25) is 4.79 Å². The van der Waals surface area contributed by atoms with Gasteiger partial charge in [-0.05, 0) is 37.3 Å². The third kappa shape index (κ3) is 3.72. The van der Waals surface area contributed by atoms with Crippen LogP contribution in [0.5, 0.6) is 0 Å². The molecule has 1 heterocycles. The van der Waals surface area contributed by atoms with Crippen molar-refractivity contribution in [2.75, 3.05) is 0 Å². The minimum Gasteiger partial charge on any atom is -0.477 e. The number of hydrogen-bond donors (Lipinski definition) is 1. The molecule has 0 aliphatic rings. The summed E-state index contributed by atoms with van der Waals surface area (Å²) in [6.45, 7) is 8.84. The Balaban J connectivity index is 2.92. The van der Waals surface area contributed by atoms with Crippen LogP contribution in [0.15, 0.2) is 16.9 Å². The highest BCUT2D eigenvalue weighted by Crippen LogP contribution is 2.20. The second-order valence-electron chi connectivity index (χ2n) is 5.81. The normalized spacial score (nSPS) is 11.6. The number of pyridine rings is 1. The number of aromatic carboxylic acids is 1. The molecule has 4 heteroatoms. The predicted octanol–water partition coefficient (Wildman–Crippen LogP) is 2.68. The predicted molar refractivity (Wildman–Crippen MR) is 71.1 cm³/mol. The molecule has 1 N–H and O–H groups in total. The van der Waals surface area contributed by atoms with Crippen molar-refractivity contribution in [3.05, 3.63) is 33.7 Å². The Labute approximate surface area is 107 Å². The van der Waals surface area contributed by atoms with Gasteiger partial charge in [0.2, 0.25) is 0 Å². The van der Waals surface area contributed by atoms with Gasteiger partial charge in [-0.1, -0.05) is 20.8 Å². The molecule has 100 valence electrons. The van der Waals surface area contributed by atoms with Crippen molar-refractivity contribution in [3.8, 4) is 0 Å². The summed E-state index contributed by atoms with van der Waals surface area (Å²) in [4.78, 5) is 22.9. The molecule has 0 amide bonds. The van der Waals surface area contributed by atoms with Gasteiger partial charge in [0.25, 0.3) is 5.56 Å². The zero-order valence-electron chi connectivity index (χ0n) is 11.5. The van der Waals surface area contributed by atoms with Crippen LogP contribution in [-0.2, 0) is 6.54 Å². The third-order valence-electron chi connectivity index (χ3n) is 2.93. The van der Waals surface area contributed by atoms with Crippen LogP contribution in [-0.4, -0.2) is 15.6 Å². The molecule has 1 aromatic rings. The van der Waals surface area contributed by atoms with Gasteiger partial charge >= 0.3 is 5.97 Å². The molecule has 0 saturated carbocycles. The molecule has 0 radical (unpaired) electrons. The van der Waals surface area contributed by atoms with E-state index in [4.69, 9.17) is 5.11 Å². The first-order valence-electron chi connectivity index (χ1n) is 6.16. The SMILES string of the molecule is Cc1ccc(C(=O)O)c(=O)n1CCCC(C)(C)C. The van der Waals surface area contributed by atoms with Crippen LogP contribution in [0.2, 0.25) is 0 Å². The van der Waals surface area contributed by atoms with Gasteiger partial charge < -0.3 is 9.67 Å². The first-order valence-corrected chi connectivity index (χ1v) is 6.16. The summed E-state index contributed by atoms with van der Waals surface area (Å²) in [5.74, 6) is -1.16. The number of rotatable bonds is 4. The molecule has 0 spiro atoms. The van der Waals surface area contributed by atoms with Gasteiger partial charge in [0.15, 0.2) is 0 Å². The van der Waals surface area contributed by atoms with E-state index in [9.17, 15) is 9.59 Å². The fraction of sp³-hybridized carbons (Fsp3) is 0.571. The van der Waals surface area contributed by atoms with Crippen LogP contribution in [0.4, 0.5) is 0 Å². The van der Waals surface area contributed by atoms with E-state index in [1.165, 1.54) is 6.07 Å². The molecular formula is C14H21NO3. The highest BCUT2D eigenvalue weighted by Gasteiger charge is 2.14. The van der Waals surface area contributed by atoms with Gasteiger partial charge in [0.1, 0.15) is 5.56 Å². The summed E-state index contributed by atoms with van der Waals surface area (Å²) in [7, 11) is 0. The van der Waals surface area contributed by atoms with Crippen LogP contribution in [0.25, 0.3) is 0 Å². The van der Waals surface area contributed by atoms with Crippen LogP contribution < -0.4 is 5.56 Å². The van der Waals surface area contributed by atoms with Crippen molar-refractivity contribution in [3.63, 3.8) is 0 Å². The summed E-state index contributed by atoms with van der Waals surface area (Å²) in [5, 5.41) is 8.92. The Morgan fingerprint density at radius 1 is 1.33 bits per heavy atom. The molecule has 0 bridgehead atoms. The number of nitrogens with zero attached hydrogens (tertiary/aromatic N) is 1. The van der Waals surface area contributed by atoms with E-state index < -0.39 is 11.5 Å². The summed E-state index contributed by atoms with van der Waals surface area (Å²) in [6, 6.07) is 3.06. The molecule has 0 aliphatic heterocycles. The van der Waals surface area contributed by atoms with Crippen LogP contribution in [0, 0.1) is 12.3 Å². The smallest absolute Gasteiger partial charge is 0.341 e. The molecule has 0 atom stereocenters. The minimum atomic E-state index is -1.16. The van der Waals surface area contributed by atoms with E-state index in [1.807, 2.05) is 6.92 Å². The van der Waals surface area contributed by atoms with Crippen molar-refractivity contribution >= 4 is 5.97 Å². The lowest BCUT2D eigenvalue weighted by molar-refractivity contribution is 0.0694. The maximum absolute atomic E-state index is 12.0. The van der Waals surface area contributed by atoms with Crippen molar-refractivity contribution in [2.45, 2.75) is 47.1 Å². The minimum absolute atomic E-state index is 0.156. The van der Waals surface area contributed by atoms with E-state index in [2.05, 4.69) is 20.8 Å². The van der Waals surface area contributed by atoms with Gasteiger partial charge in [0, 0.05) is 12.2 Å². The number of aromatic nitrogens is 1. The number of aryl methyl sites for hydroxylation is 1. The van der Waals surface area contributed by atoms with Crippen LogP contribution in [0.1, 0.15) is 49.7 Å². The molecule has 0 unspecified atom stereocenters. The second-order valence-corrected chi connectivity index (χ2v) is 5.81. The van der Waals surface area contributed by atoms with Crippen LogP contribution in [0.3, 0.4) is 0 Å². The molecule has 0 fully saturated rings. The fourth-order valence-electron chi connectivity index (χ4n) is 1.88. The zero-order chi connectivity index (χ0) is 13.9. The monoisotopic (exact) mass is 251 g/mol. The lowest BCUT2D eigenvalue weighted by Gasteiger charge is -2.18. The average Bonchev–Trinajstić information content (AvgIpc) is 2.20. The van der Waals surface area contributed by atoms with Crippen molar-refractivity contribution in [2.24, 2.45) is 5.41 Å². The number of carboxylic acid groups (broad SMARTS) is 1. The highest BCUT2D eigenvalue weighted by atomic mass is 16.4. The van der Waals surface area contributed by atoms with Gasteiger partial charge in [0.05, 0.1) is 0 Å². The quantitative estimate of drug-likeness (QED) is 0.895. The fourth-order valence-corrected chi connectivity index (χ4v) is 1.88. The molecule has 4 nitrogen and oxygen atoms in total. The Hall–Kier alpha value is -1.58. The number of carboxylic acids is 1. The molecule has 18 heavy (non-hydrogen) atoms. The summed E-state index contributed by atoms with van der Waals surface area (Å²) >= 11 is 0. The first kappa shape index (κ1) is 14.5. The summed E-state index contributed by atoms with van der Waals surface area (Å²) < 4.78 is 1.55.